The predicted molar refractivity (Wildman–Crippen MR) is 106 cm³/mol. The van der Waals surface area contributed by atoms with E-state index in [2.05, 4.69) is 40.0 Å². The van der Waals surface area contributed by atoms with Crippen molar-refractivity contribution in [1.29, 1.82) is 0 Å². The summed E-state index contributed by atoms with van der Waals surface area (Å²) in [4.78, 5) is 21.9. The van der Waals surface area contributed by atoms with E-state index in [1.807, 2.05) is 39.0 Å². The van der Waals surface area contributed by atoms with Crippen LogP contribution in [0.15, 0.2) is 41.4 Å². The molecule has 138 valence electrons. The van der Waals surface area contributed by atoms with E-state index < -0.39 is 0 Å². The molecule has 0 radical (unpaired) electrons. The lowest BCUT2D eigenvalue weighted by Gasteiger charge is -2.23. The van der Waals surface area contributed by atoms with Gasteiger partial charge in [-0.15, -0.1) is 0 Å². The summed E-state index contributed by atoms with van der Waals surface area (Å²) >= 11 is 0. The standard InChI is InChI=1S/C19H31N5O/c1-15(2)12-20-19(21-13-18(25)23(5)6)24(7)14-16-9-8-10-17(11-16)22(3)4/h8-11H,1,12-14H2,2-7H3,(H,20,21). The first-order valence-electron chi connectivity index (χ1n) is 8.31. The third-order valence-corrected chi connectivity index (χ3v) is 3.62. The summed E-state index contributed by atoms with van der Waals surface area (Å²) in [7, 11) is 9.48. The summed E-state index contributed by atoms with van der Waals surface area (Å²) in [5.41, 5.74) is 3.34. The number of guanidine groups is 1. The van der Waals surface area contributed by atoms with Crippen LogP contribution < -0.4 is 10.2 Å². The summed E-state index contributed by atoms with van der Waals surface area (Å²) in [5.74, 6) is 0.658. The Morgan fingerprint density at radius 3 is 2.44 bits per heavy atom. The van der Waals surface area contributed by atoms with Gasteiger partial charge in [-0.1, -0.05) is 24.3 Å². The molecule has 0 saturated heterocycles. The first-order valence-corrected chi connectivity index (χ1v) is 8.31. The summed E-state index contributed by atoms with van der Waals surface area (Å²) in [6, 6.07) is 8.36. The quantitative estimate of drug-likeness (QED) is 0.465. The SMILES string of the molecule is C=C(C)CNC(=NCC(=O)N(C)C)N(C)Cc1cccc(N(C)C)c1. The zero-order valence-corrected chi connectivity index (χ0v) is 16.3. The van der Waals surface area contributed by atoms with Crippen molar-refractivity contribution >= 4 is 17.6 Å². The highest BCUT2D eigenvalue weighted by molar-refractivity contribution is 5.84. The van der Waals surface area contributed by atoms with Gasteiger partial charge in [0.2, 0.25) is 5.91 Å². The number of anilines is 1. The van der Waals surface area contributed by atoms with Crippen molar-refractivity contribution in [3.05, 3.63) is 42.0 Å². The van der Waals surface area contributed by atoms with Crippen molar-refractivity contribution in [3.63, 3.8) is 0 Å². The van der Waals surface area contributed by atoms with Crippen molar-refractivity contribution in [2.24, 2.45) is 4.99 Å². The largest absolute Gasteiger partial charge is 0.378 e. The van der Waals surface area contributed by atoms with Gasteiger partial charge in [0.25, 0.3) is 0 Å². The van der Waals surface area contributed by atoms with E-state index in [4.69, 9.17) is 0 Å². The van der Waals surface area contributed by atoms with Crippen LogP contribution in [-0.4, -0.2) is 70.0 Å². The van der Waals surface area contributed by atoms with Gasteiger partial charge in [-0.25, -0.2) is 4.99 Å². The minimum absolute atomic E-state index is 0.0300. The Morgan fingerprint density at radius 1 is 1.20 bits per heavy atom. The molecule has 1 aromatic rings. The third kappa shape index (κ3) is 7.28. The van der Waals surface area contributed by atoms with Gasteiger partial charge in [-0.2, -0.15) is 0 Å². The molecule has 25 heavy (non-hydrogen) atoms. The lowest BCUT2D eigenvalue weighted by molar-refractivity contribution is -0.127. The predicted octanol–water partition coefficient (Wildman–Crippen LogP) is 1.79. The van der Waals surface area contributed by atoms with E-state index >= 15 is 0 Å². The third-order valence-electron chi connectivity index (χ3n) is 3.62. The molecule has 0 aliphatic carbocycles. The number of carbonyl (C=O) groups is 1. The molecule has 6 heteroatoms. The van der Waals surface area contributed by atoms with E-state index in [1.54, 1.807) is 19.0 Å². The fraction of sp³-hybridized carbons (Fsp3) is 0.474. The lowest BCUT2D eigenvalue weighted by atomic mass is 10.2. The van der Waals surface area contributed by atoms with E-state index in [9.17, 15) is 4.79 Å². The number of likely N-dealkylation sites (N-methyl/N-ethyl adjacent to an activating group) is 1. The molecule has 0 unspecified atom stereocenters. The Balaban J connectivity index is 2.88. The van der Waals surface area contributed by atoms with Crippen molar-refractivity contribution in [2.45, 2.75) is 13.5 Å². The normalized spacial score (nSPS) is 11.0. The zero-order valence-electron chi connectivity index (χ0n) is 16.3. The highest BCUT2D eigenvalue weighted by Crippen LogP contribution is 2.14. The number of nitrogens with zero attached hydrogens (tertiary/aromatic N) is 4. The highest BCUT2D eigenvalue weighted by Gasteiger charge is 2.10. The topological polar surface area (TPSA) is 51.2 Å². The van der Waals surface area contributed by atoms with Crippen molar-refractivity contribution < 1.29 is 4.79 Å². The molecule has 0 aliphatic heterocycles. The van der Waals surface area contributed by atoms with Crippen LogP contribution in [0.3, 0.4) is 0 Å². The van der Waals surface area contributed by atoms with Crippen LogP contribution in [0.2, 0.25) is 0 Å². The maximum Gasteiger partial charge on any atom is 0.243 e. The van der Waals surface area contributed by atoms with E-state index in [0.717, 1.165) is 11.3 Å². The van der Waals surface area contributed by atoms with Gasteiger partial charge in [0, 0.05) is 54.0 Å². The summed E-state index contributed by atoms with van der Waals surface area (Å²) in [5, 5.41) is 3.27. The van der Waals surface area contributed by atoms with Gasteiger partial charge in [-0.05, 0) is 24.6 Å². The molecule has 0 fully saturated rings. The number of hydrogen-bond acceptors (Lipinski definition) is 3. The van der Waals surface area contributed by atoms with Gasteiger partial charge in [0.05, 0.1) is 0 Å². The van der Waals surface area contributed by atoms with Gasteiger partial charge < -0.3 is 20.0 Å². The maximum atomic E-state index is 11.8. The fourth-order valence-corrected chi connectivity index (χ4v) is 2.11. The minimum Gasteiger partial charge on any atom is -0.378 e. The van der Waals surface area contributed by atoms with Gasteiger partial charge in [0.1, 0.15) is 6.54 Å². The van der Waals surface area contributed by atoms with Crippen LogP contribution in [0, 0.1) is 0 Å². The molecule has 1 rings (SSSR count). The zero-order chi connectivity index (χ0) is 19.0. The molecule has 0 heterocycles. The molecule has 0 saturated carbocycles. The van der Waals surface area contributed by atoms with E-state index in [0.29, 0.717) is 19.0 Å². The smallest absolute Gasteiger partial charge is 0.243 e. The summed E-state index contributed by atoms with van der Waals surface area (Å²) < 4.78 is 0. The summed E-state index contributed by atoms with van der Waals surface area (Å²) in [6.45, 7) is 7.30. The van der Waals surface area contributed by atoms with Crippen LogP contribution >= 0.6 is 0 Å². The minimum atomic E-state index is -0.0300. The first-order chi connectivity index (χ1) is 11.7. The Kier molecular flexibility index (Phi) is 7.98. The molecule has 6 nitrogen and oxygen atoms in total. The molecule has 0 bridgehead atoms. The second-order valence-electron chi connectivity index (χ2n) is 6.66. The number of carbonyl (C=O) groups excluding carboxylic acids is 1. The molecule has 0 aromatic heterocycles. The number of rotatable bonds is 7. The Bertz CT molecular complexity index is 622. The molecule has 1 amide bonds. The van der Waals surface area contributed by atoms with Crippen LogP contribution in [0.4, 0.5) is 5.69 Å². The first kappa shape index (κ1) is 20.5. The monoisotopic (exact) mass is 345 g/mol. The fourth-order valence-electron chi connectivity index (χ4n) is 2.11. The summed E-state index contributed by atoms with van der Waals surface area (Å²) in [6.07, 6.45) is 0. The molecule has 0 atom stereocenters. The van der Waals surface area contributed by atoms with Crippen LogP contribution in [0.1, 0.15) is 12.5 Å². The van der Waals surface area contributed by atoms with E-state index in [1.165, 1.54) is 5.56 Å². The highest BCUT2D eigenvalue weighted by atomic mass is 16.2. The number of amides is 1. The molecular formula is C19H31N5O. The van der Waals surface area contributed by atoms with Crippen molar-refractivity contribution in [3.8, 4) is 0 Å². The van der Waals surface area contributed by atoms with Gasteiger partial charge in [-0.3, -0.25) is 4.79 Å². The number of hydrogen-bond donors (Lipinski definition) is 1. The van der Waals surface area contributed by atoms with Crippen LogP contribution in [0.5, 0.6) is 0 Å². The maximum absolute atomic E-state index is 11.8. The van der Waals surface area contributed by atoms with Crippen molar-refractivity contribution in [2.75, 3.05) is 53.2 Å². The molecule has 1 N–H and O–H groups in total. The molecule has 1 aromatic carbocycles. The lowest BCUT2D eigenvalue weighted by Crippen LogP contribution is -2.40. The van der Waals surface area contributed by atoms with Gasteiger partial charge in [0.15, 0.2) is 5.96 Å². The van der Waals surface area contributed by atoms with E-state index in [-0.39, 0.29) is 12.5 Å². The Labute approximate surface area is 151 Å². The van der Waals surface area contributed by atoms with Crippen LogP contribution in [-0.2, 0) is 11.3 Å². The molecular weight excluding hydrogens is 314 g/mol. The van der Waals surface area contributed by atoms with Crippen LogP contribution in [0.25, 0.3) is 0 Å². The second-order valence-corrected chi connectivity index (χ2v) is 6.66. The number of nitrogens with one attached hydrogen (secondary N) is 1. The molecule has 0 aliphatic rings. The van der Waals surface area contributed by atoms with Crippen molar-refractivity contribution in [1.82, 2.24) is 15.1 Å². The second kappa shape index (κ2) is 9.71. The Hall–Kier alpha value is -2.50. The molecule has 0 spiro atoms. The number of benzene rings is 1. The van der Waals surface area contributed by atoms with Gasteiger partial charge >= 0.3 is 0 Å². The number of aliphatic imine (C=N–C) groups is 1. The average Bonchev–Trinajstić information content (AvgIpc) is 2.54. The Morgan fingerprint density at radius 2 is 1.88 bits per heavy atom. The average molecular weight is 345 g/mol.